The van der Waals surface area contributed by atoms with Crippen molar-refractivity contribution in [1.29, 1.82) is 0 Å². The molecule has 0 aliphatic heterocycles. The van der Waals surface area contributed by atoms with Crippen LogP contribution in [0.25, 0.3) is 11.1 Å². The molecule has 3 heteroatoms. The molecular weight excluding hydrogens is 142 g/mol. The van der Waals surface area contributed by atoms with Gasteiger partial charge in [-0.15, -0.1) is 0 Å². The number of methoxy groups -OCH3 is 1. The fourth-order valence-electron chi connectivity index (χ4n) is 0.884. The molecule has 0 saturated carbocycles. The zero-order valence-corrected chi connectivity index (χ0v) is 6.00. The first kappa shape index (κ1) is 6.22. The smallest absolute Gasteiger partial charge is 0.394 e. The van der Waals surface area contributed by atoms with E-state index in [9.17, 15) is 0 Å². The highest BCUT2D eigenvalue weighted by Gasteiger charge is 2.02. The predicted molar refractivity (Wildman–Crippen MR) is 39.4 cm³/mol. The van der Waals surface area contributed by atoms with E-state index in [1.807, 2.05) is 0 Å². The number of nitrogens with zero attached hydrogens (tertiary/aromatic N) is 1. The number of oxazole rings is 1. The van der Waals surface area contributed by atoms with Crippen molar-refractivity contribution in [2.45, 2.75) is 0 Å². The molecule has 55 valence electrons. The second-order valence-corrected chi connectivity index (χ2v) is 2.08. The van der Waals surface area contributed by atoms with E-state index in [1.165, 1.54) is 7.11 Å². The lowest BCUT2D eigenvalue weighted by Gasteiger charge is -1.84. The Morgan fingerprint density at radius 2 is 2.55 bits per heavy atom. The summed E-state index contributed by atoms with van der Waals surface area (Å²) in [5.74, 6) is 0. The first-order valence-corrected chi connectivity index (χ1v) is 3.21. The quantitative estimate of drug-likeness (QED) is 0.616. The van der Waals surface area contributed by atoms with Gasteiger partial charge in [0.2, 0.25) is 0 Å². The molecular formula is C8H6NO2. The molecule has 3 nitrogen and oxygen atoms in total. The number of aromatic nitrogens is 1. The van der Waals surface area contributed by atoms with E-state index < -0.39 is 0 Å². The van der Waals surface area contributed by atoms with E-state index in [1.54, 1.807) is 18.2 Å². The average molecular weight is 148 g/mol. The molecule has 0 atom stereocenters. The van der Waals surface area contributed by atoms with Crippen LogP contribution in [0.3, 0.4) is 0 Å². The summed E-state index contributed by atoms with van der Waals surface area (Å²) in [7, 11) is 1.52. The van der Waals surface area contributed by atoms with Crippen molar-refractivity contribution < 1.29 is 9.15 Å². The monoisotopic (exact) mass is 148 g/mol. The number of ether oxygens (including phenoxy) is 1. The molecule has 0 aliphatic carbocycles. The summed E-state index contributed by atoms with van der Waals surface area (Å²) < 4.78 is 9.97. The SMILES string of the molecule is COc1nc2c[c]ccc2o1. The van der Waals surface area contributed by atoms with Crippen molar-refractivity contribution in [3.05, 3.63) is 24.3 Å². The Balaban J connectivity index is 2.69. The third kappa shape index (κ3) is 0.941. The summed E-state index contributed by atoms with van der Waals surface area (Å²) in [5.41, 5.74) is 1.49. The van der Waals surface area contributed by atoms with E-state index >= 15 is 0 Å². The number of hydrogen-bond acceptors (Lipinski definition) is 3. The Bertz CT molecular complexity index is 334. The standard InChI is InChI=1S/C8H6NO2/c1-10-8-9-6-4-2-3-5-7(6)11-8/h3-5H,1H3. The van der Waals surface area contributed by atoms with Crippen LogP contribution >= 0.6 is 0 Å². The fourth-order valence-corrected chi connectivity index (χ4v) is 0.884. The second kappa shape index (κ2) is 2.27. The zero-order valence-electron chi connectivity index (χ0n) is 6.00. The van der Waals surface area contributed by atoms with Crippen LogP contribution in [0.2, 0.25) is 0 Å². The largest absolute Gasteiger partial charge is 0.453 e. The van der Waals surface area contributed by atoms with E-state index in [4.69, 9.17) is 9.15 Å². The predicted octanol–water partition coefficient (Wildman–Crippen LogP) is 1.64. The molecule has 0 fully saturated rings. The second-order valence-electron chi connectivity index (χ2n) is 2.08. The Morgan fingerprint density at radius 1 is 1.64 bits per heavy atom. The lowest BCUT2D eigenvalue weighted by Crippen LogP contribution is -1.79. The summed E-state index contributed by atoms with van der Waals surface area (Å²) in [6.45, 7) is 0. The molecule has 0 amide bonds. The van der Waals surface area contributed by atoms with Crippen LogP contribution in [-0.2, 0) is 0 Å². The Hall–Kier alpha value is -1.51. The minimum atomic E-state index is 0.291. The van der Waals surface area contributed by atoms with E-state index in [0.29, 0.717) is 6.08 Å². The molecule has 1 aromatic carbocycles. The van der Waals surface area contributed by atoms with Crippen LogP contribution in [0.5, 0.6) is 6.08 Å². The maximum Gasteiger partial charge on any atom is 0.394 e. The number of benzene rings is 1. The minimum absolute atomic E-state index is 0.291. The maximum absolute atomic E-state index is 5.16. The van der Waals surface area contributed by atoms with Gasteiger partial charge in [0.15, 0.2) is 5.58 Å². The Morgan fingerprint density at radius 3 is 3.27 bits per heavy atom. The highest BCUT2D eigenvalue weighted by Crippen LogP contribution is 2.18. The number of fused-ring (bicyclic) bond motifs is 1. The maximum atomic E-state index is 5.16. The third-order valence-corrected chi connectivity index (χ3v) is 1.39. The van der Waals surface area contributed by atoms with Gasteiger partial charge in [-0.25, -0.2) is 0 Å². The molecule has 0 saturated heterocycles. The molecule has 2 aromatic rings. The van der Waals surface area contributed by atoms with Gasteiger partial charge < -0.3 is 9.15 Å². The molecule has 0 bridgehead atoms. The van der Waals surface area contributed by atoms with Gasteiger partial charge in [0.1, 0.15) is 5.52 Å². The molecule has 1 radical (unpaired) electrons. The van der Waals surface area contributed by atoms with Crippen molar-refractivity contribution >= 4 is 11.1 Å². The summed E-state index contributed by atoms with van der Waals surface area (Å²) in [5, 5.41) is 0. The average Bonchev–Trinajstić information content (AvgIpc) is 2.46. The number of rotatable bonds is 1. The Labute approximate surface area is 63.6 Å². The molecule has 0 spiro atoms. The van der Waals surface area contributed by atoms with Crippen LogP contribution in [0.15, 0.2) is 22.6 Å². The van der Waals surface area contributed by atoms with Crippen LogP contribution in [0.1, 0.15) is 0 Å². The van der Waals surface area contributed by atoms with Gasteiger partial charge in [0.25, 0.3) is 0 Å². The first-order chi connectivity index (χ1) is 5.40. The van der Waals surface area contributed by atoms with Gasteiger partial charge >= 0.3 is 6.08 Å². The van der Waals surface area contributed by atoms with Gasteiger partial charge in [-0.3, -0.25) is 0 Å². The zero-order chi connectivity index (χ0) is 7.68. The molecule has 1 heterocycles. The van der Waals surface area contributed by atoms with Crippen LogP contribution in [-0.4, -0.2) is 12.1 Å². The summed E-state index contributed by atoms with van der Waals surface area (Å²) in [6.07, 6.45) is 0.291. The van der Waals surface area contributed by atoms with Gasteiger partial charge in [-0.05, 0) is 18.2 Å². The van der Waals surface area contributed by atoms with Crippen LogP contribution in [0.4, 0.5) is 0 Å². The van der Waals surface area contributed by atoms with Crippen LogP contribution in [0, 0.1) is 6.07 Å². The van der Waals surface area contributed by atoms with E-state index in [0.717, 1.165) is 11.1 Å². The van der Waals surface area contributed by atoms with Gasteiger partial charge in [-0.2, -0.15) is 4.98 Å². The van der Waals surface area contributed by atoms with Crippen molar-refractivity contribution in [3.63, 3.8) is 0 Å². The van der Waals surface area contributed by atoms with Gasteiger partial charge in [0, 0.05) is 0 Å². The summed E-state index contributed by atoms with van der Waals surface area (Å²) >= 11 is 0. The summed E-state index contributed by atoms with van der Waals surface area (Å²) in [6, 6.07) is 8.21. The molecule has 2 rings (SSSR count). The Kier molecular flexibility index (Phi) is 1.28. The molecule has 0 aliphatic rings. The van der Waals surface area contributed by atoms with E-state index in [-0.39, 0.29) is 0 Å². The lowest BCUT2D eigenvalue weighted by atomic mass is 10.3. The summed E-state index contributed by atoms with van der Waals surface area (Å²) in [4.78, 5) is 4.01. The normalized spacial score (nSPS) is 10.3. The first-order valence-electron chi connectivity index (χ1n) is 3.21. The number of hydrogen-bond donors (Lipinski definition) is 0. The molecule has 0 N–H and O–H groups in total. The minimum Gasteiger partial charge on any atom is -0.453 e. The van der Waals surface area contributed by atoms with E-state index in [2.05, 4.69) is 11.1 Å². The molecule has 1 aromatic heterocycles. The van der Waals surface area contributed by atoms with Crippen molar-refractivity contribution in [2.75, 3.05) is 7.11 Å². The van der Waals surface area contributed by atoms with Crippen LogP contribution < -0.4 is 4.74 Å². The van der Waals surface area contributed by atoms with Crippen molar-refractivity contribution in [1.82, 2.24) is 4.98 Å². The lowest BCUT2D eigenvalue weighted by molar-refractivity contribution is 0.299. The van der Waals surface area contributed by atoms with Crippen molar-refractivity contribution in [3.8, 4) is 6.08 Å². The molecule has 11 heavy (non-hydrogen) atoms. The topological polar surface area (TPSA) is 35.3 Å². The van der Waals surface area contributed by atoms with Gasteiger partial charge in [0.05, 0.1) is 7.11 Å². The third-order valence-electron chi connectivity index (χ3n) is 1.39. The highest BCUT2D eigenvalue weighted by molar-refractivity contribution is 5.72. The van der Waals surface area contributed by atoms with Crippen molar-refractivity contribution in [2.24, 2.45) is 0 Å². The molecule has 0 unspecified atom stereocenters. The highest BCUT2D eigenvalue weighted by atomic mass is 16.6. The van der Waals surface area contributed by atoms with Gasteiger partial charge in [-0.1, -0.05) is 6.07 Å². The fraction of sp³-hybridized carbons (Fsp3) is 0.125.